The van der Waals surface area contributed by atoms with Crippen LogP contribution in [0.15, 0.2) is 35.7 Å². The lowest BCUT2D eigenvalue weighted by Gasteiger charge is -2.08. The van der Waals surface area contributed by atoms with Crippen LogP contribution in [-0.4, -0.2) is 17.7 Å². The summed E-state index contributed by atoms with van der Waals surface area (Å²) in [7, 11) is 0. The van der Waals surface area contributed by atoms with Crippen LogP contribution in [0.4, 0.5) is 0 Å². The van der Waals surface area contributed by atoms with Gasteiger partial charge in [0.05, 0.1) is 12.5 Å². The largest absolute Gasteiger partial charge is 0.347 e. The molecule has 0 aliphatic carbocycles. The first-order valence-electron chi connectivity index (χ1n) is 7.76. The van der Waals surface area contributed by atoms with E-state index in [2.05, 4.69) is 10.6 Å². The molecule has 124 valence electrons. The number of aryl methyl sites for hydroxylation is 1. The molecule has 1 aromatic carbocycles. The van der Waals surface area contributed by atoms with Gasteiger partial charge in [-0.3, -0.25) is 19.7 Å². The maximum atomic E-state index is 12.2. The molecule has 2 N–H and O–H groups in total. The zero-order valence-electron chi connectivity index (χ0n) is 13.3. The highest BCUT2D eigenvalue weighted by molar-refractivity contribution is 7.10. The van der Waals surface area contributed by atoms with Crippen molar-refractivity contribution in [2.75, 3.05) is 0 Å². The molecule has 1 aliphatic rings. The highest BCUT2D eigenvalue weighted by atomic mass is 32.1. The molecule has 5 nitrogen and oxygen atoms in total. The number of rotatable bonds is 5. The summed E-state index contributed by atoms with van der Waals surface area (Å²) in [5.74, 6) is -0.861. The van der Waals surface area contributed by atoms with Crippen LogP contribution in [0.5, 0.6) is 0 Å². The van der Waals surface area contributed by atoms with Crippen molar-refractivity contribution in [1.82, 2.24) is 10.6 Å². The Morgan fingerprint density at radius 1 is 1.25 bits per heavy atom. The lowest BCUT2D eigenvalue weighted by Crippen LogP contribution is -2.23. The number of amides is 3. The Morgan fingerprint density at radius 3 is 2.58 bits per heavy atom. The molecule has 1 atom stereocenters. The quantitative estimate of drug-likeness (QED) is 0.818. The molecule has 1 aliphatic heterocycles. The van der Waals surface area contributed by atoms with Crippen LogP contribution in [0, 0.1) is 12.8 Å². The summed E-state index contributed by atoms with van der Waals surface area (Å²) < 4.78 is 0. The van der Waals surface area contributed by atoms with Gasteiger partial charge in [0.15, 0.2) is 0 Å². The lowest BCUT2D eigenvalue weighted by atomic mass is 9.97. The van der Waals surface area contributed by atoms with Crippen molar-refractivity contribution < 1.29 is 14.4 Å². The molecule has 24 heavy (non-hydrogen) atoms. The van der Waals surface area contributed by atoms with E-state index < -0.39 is 0 Å². The van der Waals surface area contributed by atoms with E-state index in [9.17, 15) is 14.4 Å². The maximum Gasteiger partial charge on any atom is 0.251 e. The van der Waals surface area contributed by atoms with Gasteiger partial charge in [-0.15, -0.1) is 11.3 Å². The Labute approximate surface area is 144 Å². The number of carbonyl (C=O) groups excluding carboxylic acids is 3. The molecular formula is C18H18N2O3S. The fourth-order valence-corrected chi connectivity index (χ4v) is 3.54. The zero-order chi connectivity index (χ0) is 17.1. The minimum Gasteiger partial charge on any atom is -0.347 e. The molecule has 2 heterocycles. The van der Waals surface area contributed by atoms with Gasteiger partial charge in [-0.1, -0.05) is 12.1 Å². The lowest BCUT2D eigenvalue weighted by molar-refractivity contribution is -0.125. The predicted octanol–water partition coefficient (Wildman–Crippen LogP) is 2.19. The Hall–Kier alpha value is -2.47. The van der Waals surface area contributed by atoms with Crippen molar-refractivity contribution in [2.45, 2.75) is 26.3 Å². The van der Waals surface area contributed by atoms with Crippen LogP contribution in [0.2, 0.25) is 0 Å². The van der Waals surface area contributed by atoms with Gasteiger partial charge in [-0.25, -0.2) is 0 Å². The van der Waals surface area contributed by atoms with Gasteiger partial charge in [0.2, 0.25) is 11.8 Å². The highest BCUT2D eigenvalue weighted by Crippen LogP contribution is 2.18. The van der Waals surface area contributed by atoms with Gasteiger partial charge in [-0.05, 0) is 48.1 Å². The Morgan fingerprint density at radius 2 is 2.00 bits per heavy atom. The van der Waals surface area contributed by atoms with E-state index in [4.69, 9.17) is 0 Å². The number of thiophene rings is 1. The van der Waals surface area contributed by atoms with E-state index in [1.54, 1.807) is 23.5 Å². The Balaban J connectivity index is 1.57. The van der Waals surface area contributed by atoms with E-state index in [1.165, 1.54) is 5.56 Å². The molecule has 0 spiro atoms. The van der Waals surface area contributed by atoms with Gasteiger partial charge in [0.25, 0.3) is 5.91 Å². The second kappa shape index (κ2) is 6.97. The first kappa shape index (κ1) is 16.4. The standard InChI is InChI=1S/C18H18N2O3S/c1-11-6-7-24-15(11)10-19-17(22)13-4-2-12(3-5-13)8-14-9-16(21)20-18(14)23/h2-7,14H,8-10H2,1H3,(H,19,22)(H,20,21,23)/t14-/m0/s1. The summed E-state index contributed by atoms with van der Waals surface area (Å²) in [6.45, 7) is 2.55. The molecule has 2 aromatic rings. The summed E-state index contributed by atoms with van der Waals surface area (Å²) in [6, 6.07) is 9.20. The molecule has 0 saturated carbocycles. The van der Waals surface area contributed by atoms with Crippen molar-refractivity contribution >= 4 is 29.1 Å². The van der Waals surface area contributed by atoms with Crippen molar-refractivity contribution in [3.05, 3.63) is 57.3 Å². The fourth-order valence-electron chi connectivity index (χ4n) is 2.70. The third kappa shape index (κ3) is 3.71. The highest BCUT2D eigenvalue weighted by Gasteiger charge is 2.30. The number of carbonyl (C=O) groups is 3. The summed E-state index contributed by atoms with van der Waals surface area (Å²) in [6.07, 6.45) is 0.745. The molecule has 0 bridgehead atoms. The Kier molecular flexibility index (Phi) is 4.76. The van der Waals surface area contributed by atoms with Gasteiger partial charge < -0.3 is 5.32 Å². The molecule has 3 rings (SSSR count). The topological polar surface area (TPSA) is 75.3 Å². The summed E-state index contributed by atoms with van der Waals surface area (Å²) in [5, 5.41) is 7.23. The van der Waals surface area contributed by atoms with Crippen LogP contribution < -0.4 is 10.6 Å². The minimum atomic E-state index is -0.306. The van der Waals surface area contributed by atoms with Gasteiger partial charge in [0, 0.05) is 16.9 Å². The first-order valence-corrected chi connectivity index (χ1v) is 8.64. The van der Waals surface area contributed by atoms with Crippen LogP contribution in [0.3, 0.4) is 0 Å². The molecule has 3 amide bonds. The smallest absolute Gasteiger partial charge is 0.251 e. The first-order chi connectivity index (χ1) is 11.5. The van der Waals surface area contributed by atoms with Crippen molar-refractivity contribution in [1.29, 1.82) is 0 Å². The maximum absolute atomic E-state index is 12.2. The van der Waals surface area contributed by atoms with Gasteiger partial charge >= 0.3 is 0 Å². The fraction of sp³-hybridized carbons (Fsp3) is 0.278. The number of benzene rings is 1. The molecule has 0 radical (unpaired) electrons. The van der Waals surface area contributed by atoms with Crippen molar-refractivity contribution in [2.24, 2.45) is 5.92 Å². The van der Waals surface area contributed by atoms with Gasteiger partial charge in [0.1, 0.15) is 0 Å². The number of nitrogens with one attached hydrogen (secondary N) is 2. The summed E-state index contributed by atoms with van der Waals surface area (Å²) >= 11 is 1.63. The minimum absolute atomic E-state index is 0.122. The monoisotopic (exact) mass is 342 g/mol. The van der Waals surface area contributed by atoms with Crippen LogP contribution >= 0.6 is 11.3 Å². The summed E-state index contributed by atoms with van der Waals surface area (Å²) in [5.41, 5.74) is 2.70. The van der Waals surface area contributed by atoms with Crippen molar-refractivity contribution in [3.63, 3.8) is 0 Å². The second-order valence-corrected chi connectivity index (χ2v) is 6.92. The predicted molar refractivity (Wildman–Crippen MR) is 91.6 cm³/mol. The van der Waals surface area contributed by atoms with Crippen LogP contribution in [0.25, 0.3) is 0 Å². The van der Waals surface area contributed by atoms with E-state index in [0.717, 1.165) is 10.4 Å². The molecule has 1 fully saturated rings. The molecule has 1 aromatic heterocycles. The third-order valence-electron chi connectivity index (χ3n) is 4.14. The second-order valence-electron chi connectivity index (χ2n) is 5.92. The van der Waals surface area contributed by atoms with Crippen LogP contribution in [0.1, 0.15) is 32.8 Å². The average molecular weight is 342 g/mol. The molecule has 6 heteroatoms. The van der Waals surface area contributed by atoms with E-state index >= 15 is 0 Å². The molecular weight excluding hydrogens is 324 g/mol. The number of hydrogen-bond acceptors (Lipinski definition) is 4. The van der Waals surface area contributed by atoms with Gasteiger partial charge in [-0.2, -0.15) is 0 Å². The number of hydrogen-bond donors (Lipinski definition) is 2. The number of imide groups is 1. The van der Waals surface area contributed by atoms with Crippen molar-refractivity contribution in [3.8, 4) is 0 Å². The van der Waals surface area contributed by atoms with E-state index in [1.807, 2.05) is 30.5 Å². The molecule has 0 unspecified atom stereocenters. The SMILES string of the molecule is Cc1ccsc1CNC(=O)c1ccc(C[C@H]2CC(=O)NC2=O)cc1. The normalized spacial score (nSPS) is 17.0. The van der Waals surface area contributed by atoms with E-state index in [0.29, 0.717) is 18.5 Å². The third-order valence-corrected chi connectivity index (χ3v) is 5.16. The summed E-state index contributed by atoms with van der Waals surface area (Å²) in [4.78, 5) is 36.1. The Bertz CT molecular complexity index is 780. The molecule has 1 saturated heterocycles. The average Bonchev–Trinajstić information content (AvgIpc) is 3.11. The zero-order valence-corrected chi connectivity index (χ0v) is 14.1. The van der Waals surface area contributed by atoms with E-state index in [-0.39, 0.29) is 30.1 Å². The van der Waals surface area contributed by atoms with Crippen LogP contribution in [-0.2, 0) is 22.6 Å².